The molecule has 176 valence electrons. The van der Waals surface area contributed by atoms with E-state index in [1.54, 1.807) is 0 Å². The molecule has 2 fully saturated rings. The van der Waals surface area contributed by atoms with Crippen molar-refractivity contribution in [1.29, 1.82) is 0 Å². The van der Waals surface area contributed by atoms with Crippen molar-refractivity contribution in [2.45, 2.75) is 44.4 Å². The number of carbonyl (C=O) groups is 2. The second kappa shape index (κ2) is 10.2. The average Bonchev–Trinajstić information content (AvgIpc) is 3.49. The molecule has 1 atom stereocenters. The maximum atomic E-state index is 12.6. The Kier molecular flexibility index (Phi) is 7.26. The van der Waals surface area contributed by atoms with Gasteiger partial charge < -0.3 is 26.0 Å². The summed E-state index contributed by atoms with van der Waals surface area (Å²) >= 11 is 11.9. The number of nitrogens with zero attached hydrogens (tertiary/aromatic N) is 1. The van der Waals surface area contributed by atoms with Crippen LogP contribution >= 0.6 is 23.2 Å². The first kappa shape index (κ1) is 23.6. The third kappa shape index (κ3) is 5.88. The summed E-state index contributed by atoms with van der Waals surface area (Å²) in [6.45, 7) is 4.04. The van der Waals surface area contributed by atoms with Crippen molar-refractivity contribution in [3.05, 3.63) is 52.1 Å². The van der Waals surface area contributed by atoms with E-state index in [-0.39, 0.29) is 34.9 Å². The molecule has 10 heteroatoms. The summed E-state index contributed by atoms with van der Waals surface area (Å²) in [5, 5.41) is 12.8. The molecule has 0 bridgehead atoms. The normalized spacial score (nSPS) is 17.4. The summed E-state index contributed by atoms with van der Waals surface area (Å²) in [5.41, 5.74) is 1.46. The van der Waals surface area contributed by atoms with E-state index >= 15 is 0 Å². The summed E-state index contributed by atoms with van der Waals surface area (Å²) in [5.74, 6) is 0.383. The van der Waals surface area contributed by atoms with Gasteiger partial charge >= 0.3 is 6.03 Å². The van der Waals surface area contributed by atoms with Crippen LogP contribution in [0.1, 0.15) is 31.7 Å². The molecule has 1 aliphatic heterocycles. The Balaban J connectivity index is 1.29. The Bertz CT molecular complexity index is 1030. The SMILES string of the molecule is CC[C@@H](Oc1ncc(Cl)cc1Cl)C(=O)NCc1cccc(NC(=O)NC2(C3CNC3)CC2)c1. The van der Waals surface area contributed by atoms with E-state index in [1.807, 2.05) is 31.2 Å². The van der Waals surface area contributed by atoms with Crippen molar-refractivity contribution >= 4 is 40.8 Å². The number of urea groups is 1. The van der Waals surface area contributed by atoms with E-state index in [0.29, 0.717) is 23.0 Å². The number of carbonyl (C=O) groups excluding carboxylic acids is 2. The van der Waals surface area contributed by atoms with Crippen molar-refractivity contribution in [1.82, 2.24) is 20.9 Å². The van der Waals surface area contributed by atoms with Gasteiger partial charge in [0.15, 0.2) is 6.10 Å². The highest BCUT2D eigenvalue weighted by Gasteiger charge is 2.52. The number of ether oxygens (including phenoxy) is 1. The lowest BCUT2D eigenvalue weighted by atomic mass is 9.91. The number of benzene rings is 1. The second-order valence-electron chi connectivity index (χ2n) is 8.46. The van der Waals surface area contributed by atoms with Gasteiger partial charge in [0.1, 0.15) is 5.02 Å². The molecular weight excluding hydrogens is 465 g/mol. The lowest BCUT2D eigenvalue weighted by molar-refractivity contribution is -0.128. The van der Waals surface area contributed by atoms with Gasteiger partial charge in [-0.2, -0.15) is 0 Å². The zero-order chi connectivity index (χ0) is 23.4. The lowest BCUT2D eigenvalue weighted by Crippen LogP contribution is -2.57. The Morgan fingerprint density at radius 2 is 2.06 bits per heavy atom. The number of hydrogen-bond donors (Lipinski definition) is 4. The third-order valence-corrected chi connectivity index (χ3v) is 6.53. The number of pyridine rings is 1. The van der Waals surface area contributed by atoms with Crippen LogP contribution in [0.3, 0.4) is 0 Å². The maximum absolute atomic E-state index is 12.6. The first-order valence-electron chi connectivity index (χ1n) is 11.0. The van der Waals surface area contributed by atoms with Crippen LogP contribution in [0.4, 0.5) is 10.5 Å². The zero-order valence-corrected chi connectivity index (χ0v) is 19.8. The second-order valence-corrected chi connectivity index (χ2v) is 9.31. The molecule has 0 radical (unpaired) electrons. The standard InChI is InChI=1S/C23H27Cl2N5O3/c1-2-19(33-21-18(25)9-16(24)13-28-21)20(31)27-10-14-4-3-5-17(8-14)29-22(32)30-23(6-7-23)15-11-26-12-15/h3-5,8-9,13,15,19,26H,2,6-7,10-12H2,1H3,(H,27,31)(H2,29,30,32)/t19-/m1/s1. The van der Waals surface area contributed by atoms with Gasteiger partial charge in [0.25, 0.3) is 5.91 Å². The molecule has 1 saturated heterocycles. The number of nitrogens with one attached hydrogen (secondary N) is 4. The smallest absolute Gasteiger partial charge is 0.319 e. The van der Waals surface area contributed by atoms with Crippen molar-refractivity contribution < 1.29 is 14.3 Å². The quantitative estimate of drug-likeness (QED) is 0.427. The Hall–Kier alpha value is -2.55. The molecule has 33 heavy (non-hydrogen) atoms. The van der Waals surface area contributed by atoms with Crippen LogP contribution in [0.25, 0.3) is 0 Å². The predicted octanol–water partition coefficient (Wildman–Crippen LogP) is 3.74. The minimum atomic E-state index is -0.751. The fourth-order valence-corrected chi connectivity index (χ4v) is 4.27. The lowest BCUT2D eigenvalue weighted by Gasteiger charge is -2.35. The highest BCUT2D eigenvalue weighted by molar-refractivity contribution is 6.35. The monoisotopic (exact) mass is 491 g/mol. The van der Waals surface area contributed by atoms with Crippen molar-refractivity contribution in [3.63, 3.8) is 0 Å². The molecule has 4 rings (SSSR count). The van der Waals surface area contributed by atoms with E-state index in [1.165, 1.54) is 12.3 Å². The Morgan fingerprint density at radius 1 is 1.27 bits per heavy atom. The molecule has 2 aliphatic rings. The molecule has 1 aliphatic carbocycles. The van der Waals surface area contributed by atoms with Crippen molar-refractivity contribution in [2.24, 2.45) is 5.92 Å². The van der Waals surface area contributed by atoms with Gasteiger partial charge in [-0.15, -0.1) is 0 Å². The molecule has 3 amide bonds. The molecule has 2 aromatic rings. The first-order valence-corrected chi connectivity index (χ1v) is 11.8. The van der Waals surface area contributed by atoms with Gasteiger partial charge in [-0.25, -0.2) is 9.78 Å². The number of anilines is 1. The third-order valence-electron chi connectivity index (χ3n) is 6.06. The van der Waals surface area contributed by atoms with Gasteiger partial charge in [-0.1, -0.05) is 42.3 Å². The molecule has 0 spiro atoms. The van der Waals surface area contributed by atoms with Crippen LogP contribution in [0.15, 0.2) is 36.5 Å². The average molecular weight is 492 g/mol. The highest BCUT2D eigenvalue weighted by atomic mass is 35.5. The predicted molar refractivity (Wildman–Crippen MR) is 128 cm³/mol. The summed E-state index contributed by atoms with van der Waals surface area (Å²) in [6, 6.07) is 8.69. The summed E-state index contributed by atoms with van der Waals surface area (Å²) in [6.07, 6.45) is 3.15. The molecule has 8 nitrogen and oxygen atoms in total. The topological polar surface area (TPSA) is 104 Å². The minimum Gasteiger partial charge on any atom is -0.463 e. The summed E-state index contributed by atoms with van der Waals surface area (Å²) < 4.78 is 5.68. The van der Waals surface area contributed by atoms with Crippen LogP contribution in [0.5, 0.6) is 5.88 Å². The van der Waals surface area contributed by atoms with E-state index in [2.05, 4.69) is 26.3 Å². The van der Waals surface area contributed by atoms with E-state index < -0.39 is 6.10 Å². The number of amides is 3. The largest absolute Gasteiger partial charge is 0.463 e. The van der Waals surface area contributed by atoms with Crippen molar-refractivity contribution in [3.8, 4) is 5.88 Å². The molecule has 2 heterocycles. The number of hydrogen-bond acceptors (Lipinski definition) is 5. The van der Waals surface area contributed by atoms with Gasteiger partial charge in [0.2, 0.25) is 5.88 Å². The van der Waals surface area contributed by atoms with Gasteiger partial charge in [0.05, 0.1) is 5.02 Å². The van der Waals surface area contributed by atoms with Gasteiger partial charge in [-0.3, -0.25) is 4.79 Å². The molecule has 1 aromatic carbocycles. The molecular formula is C23H27Cl2N5O3. The molecule has 0 unspecified atom stereocenters. The van der Waals surface area contributed by atoms with Crippen LogP contribution in [0, 0.1) is 5.92 Å². The van der Waals surface area contributed by atoms with E-state index in [9.17, 15) is 9.59 Å². The van der Waals surface area contributed by atoms with Crippen molar-refractivity contribution in [2.75, 3.05) is 18.4 Å². The van der Waals surface area contributed by atoms with Gasteiger partial charge in [0, 0.05) is 43.0 Å². The maximum Gasteiger partial charge on any atom is 0.319 e. The zero-order valence-electron chi connectivity index (χ0n) is 18.3. The van der Waals surface area contributed by atoms with E-state index in [4.69, 9.17) is 27.9 Å². The van der Waals surface area contributed by atoms with Crippen LogP contribution in [0.2, 0.25) is 10.0 Å². The van der Waals surface area contributed by atoms with Gasteiger partial charge in [-0.05, 0) is 43.0 Å². The minimum absolute atomic E-state index is 0.0576. The number of halogens is 2. The highest BCUT2D eigenvalue weighted by Crippen LogP contribution is 2.44. The summed E-state index contributed by atoms with van der Waals surface area (Å²) in [4.78, 5) is 29.2. The number of aromatic nitrogens is 1. The Morgan fingerprint density at radius 3 is 2.70 bits per heavy atom. The molecule has 1 saturated carbocycles. The fourth-order valence-electron chi connectivity index (χ4n) is 3.85. The van der Waals surface area contributed by atoms with Crippen LogP contribution in [-0.2, 0) is 11.3 Å². The Labute approximate surface area is 202 Å². The fraction of sp³-hybridized carbons (Fsp3) is 0.435. The molecule has 4 N–H and O–H groups in total. The number of rotatable bonds is 9. The summed E-state index contributed by atoms with van der Waals surface area (Å²) in [7, 11) is 0. The first-order chi connectivity index (χ1) is 15.9. The van der Waals surface area contributed by atoms with E-state index in [0.717, 1.165) is 31.5 Å². The molecule has 1 aromatic heterocycles. The van der Waals surface area contributed by atoms with Crippen LogP contribution < -0.4 is 26.0 Å². The van der Waals surface area contributed by atoms with Crippen LogP contribution in [-0.4, -0.2) is 41.7 Å².